The number of aliphatic hydroxyl groups is 1. The van der Waals surface area contributed by atoms with Crippen molar-refractivity contribution in [2.24, 2.45) is 0 Å². The molecular formula is C14H25NO5. The molecule has 0 aliphatic heterocycles. The number of rotatable bonds is 5. The van der Waals surface area contributed by atoms with Crippen LogP contribution >= 0.6 is 0 Å². The lowest BCUT2D eigenvalue weighted by atomic mass is 10.2. The summed E-state index contributed by atoms with van der Waals surface area (Å²) in [6, 6.07) is -0.865. The first-order valence-electron chi connectivity index (χ1n) is 7.12. The summed E-state index contributed by atoms with van der Waals surface area (Å²) < 4.78 is 10.4. The van der Waals surface area contributed by atoms with Gasteiger partial charge in [0.05, 0.1) is 0 Å². The zero-order valence-corrected chi connectivity index (χ0v) is 12.5. The van der Waals surface area contributed by atoms with E-state index in [0.717, 1.165) is 25.7 Å². The number of carbonyl (C=O) groups is 2. The van der Waals surface area contributed by atoms with Gasteiger partial charge in [-0.15, -0.1) is 0 Å². The monoisotopic (exact) mass is 287 g/mol. The van der Waals surface area contributed by atoms with E-state index in [1.807, 2.05) is 0 Å². The second kappa shape index (κ2) is 7.47. The average Bonchev–Trinajstić information content (AvgIpc) is 2.78. The molecule has 0 aromatic rings. The second-order valence-electron chi connectivity index (χ2n) is 6.05. The normalized spacial score (nSPS) is 17.6. The lowest BCUT2D eigenvalue weighted by Gasteiger charge is -2.23. The molecule has 1 saturated carbocycles. The Hall–Kier alpha value is -1.30. The lowest BCUT2D eigenvalue weighted by Crippen LogP contribution is -2.45. The fourth-order valence-electron chi connectivity index (χ4n) is 2.08. The van der Waals surface area contributed by atoms with Crippen molar-refractivity contribution in [2.75, 3.05) is 6.61 Å². The van der Waals surface area contributed by atoms with Crippen LogP contribution in [0.5, 0.6) is 0 Å². The van der Waals surface area contributed by atoms with E-state index in [2.05, 4.69) is 5.32 Å². The van der Waals surface area contributed by atoms with Crippen LogP contribution < -0.4 is 5.32 Å². The van der Waals surface area contributed by atoms with E-state index in [-0.39, 0.29) is 19.1 Å². The Kier molecular flexibility index (Phi) is 6.26. The Balaban J connectivity index is 2.49. The minimum Gasteiger partial charge on any atom is -0.461 e. The maximum absolute atomic E-state index is 12.0. The highest BCUT2D eigenvalue weighted by Gasteiger charge is 2.28. The van der Waals surface area contributed by atoms with Crippen molar-refractivity contribution in [3.8, 4) is 0 Å². The first kappa shape index (κ1) is 16.8. The Labute approximate surface area is 119 Å². The number of amides is 1. The van der Waals surface area contributed by atoms with Gasteiger partial charge in [-0.3, -0.25) is 0 Å². The van der Waals surface area contributed by atoms with Gasteiger partial charge in [-0.25, -0.2) is 9.59 Å². The van der Waals surface area contributed by atoms with Crippen LogP contribution in [0.2, 0.25) is 0 Å². The van der Waals surface area contributed by atoms with E-state index >= 15 is 0 Å². The second-order valence-corrected chi connectivity index (χ2v) is 6.05. The molecule has 6 heteroatoms. The molecule has 0 spiro atoms. The number of carbonyl (C=O) groups excluding carboxylic acids is 2. The van der Waals surface area contributed by atoms with Gasteiger partial charge in [0.2, 0.25) is 0 Å². The fraction of sp³-hybridized carbons (Fsp3) is 0.857. The van der Waals surface area contributed by atoms with E-state index in [1.54, 1.807) is 20.8 Å². The summed E-state index contributed by atoms with van der Waals surface area (Å²) in [6.45, 7) is 5.01. The third-order valence-electron chi connectivity index (χ3n) is 2.98. The molecule has 1 aliphatic rings. The maximum atomic E-state index is 12.0. The third kappa shape index (κ3) is 6.23. The van der Waals surface area contributed by atoms with Gasteiger partial charge in [0.15, 0.2) is 0 Å². The predicted molar refractivity (Wildman–Crippen MR) is 73.2 cm³/mol. The van der Waals surface area contributed by atoms with Crippen molar-refractivity contribution in [2.45, 2.75) is 70.6 Å². The molecule has 0 aromatic heterocycles. The highest BCUT2D eigenvalue weighted by molar-refractivity contribution is 5.81. The van der Waals surface area contributed by atoms with Gasteiger partial charge in [-0.05, 0) is 46.5 Å². The van der Waals surface area contributed by atoms with Crippen molar-refractivity contribution in [3.63, 3.8) is 0 Å². The Morgan fingerprint density at radius 2 is 1.90 bits per heavy atom. The molecule has 116 valence electrons. The largest absolute Gasteiger partial charge is 0.461 e. The minimum atomic E-state index is -0.865. The van der Waals surface area contributed by atoms with Crippen molar-refractivity contribution in [1.29, 1.82) is 0 Å². The van der Waals surface area contributed by atoms with E-state index < -0.39 is 23.7 Å². The van der Waals surface area contributed by atoms with Crippen LogP contribution in [-0.2, 0) is 14.3 Å². The molecule has 0 heterocycles. The lowest BCUT2D eigenvalue weighted by molar-refractivity contribution is -0.151. The molecule has 0 aromatic carbocycles. The number of nitrogens with one attached hydrogen (secondary N) is 1. The zero-order valence-electron chi connectivity index (χ0n) is 12.5. The summed E-state index contributed by atoms with van der Waals surface area (Å²) in [5.41, 5.74) is -0.636. The topological polar surface area (TPSA) is 84.9 Å². The Bertz CT molecular complexity index is 331. The van der Waals surface area contributed by atoms with Gasteiger partial charge < -0.3 is 19.9 Å². The van der Waals surface area contributed by atoms with Crippen LogP contribution in [0.25, 0.3) is 0 Å². The smallest absolute Gasteiger partial charge is 0.408 e. The summed E-state index contributed by atoms with van der Waals surface area (Å²) in [7, 11) is 0. The van der Waals surface area contributed by atoms with Gasteiger partial charge in [-0.2, -0.15) is 0 Å². The molecule has 2 N–H and O–H groups in total. The van der Waals surface area contributed by atoms with Crippen molar-refractivity contribution >= 4 is 12.1 Å². The number of hydrogen-bond acceptors (Lipinski definition) is 5. The van der Waals surface area contributed by atoms with Crippen LogP contribution in [0.1, 0.15) is 52.9 Å². The molecule has 0 saturated heterocycles. The zero-order chi connectivity index (χ0) is 15.2. The SMILES string of the molecule is CC(C)(C)OC(=O)N[C@@H](CCO)C(=O)OC1CCCC1. The highest BCUT2D eigenvalue weighted by atomic mass is 16.6. The summed E-state index contributed by atoms with van der Waals surface area (Å²) >= 11 is 0. The molecule has 1 fully saturated rings. The van der Waals surface area contributed by atoms with Gasteiger partial charge in [0.1, 0.15) is 17.7 Å². The molecule has 0 unspecified atom stereocenters. The van der Waals surface area contributed by atoms with Crippen LogP contribution in [0.15, 0.2) is 0 Å². The maximum Gasteiger partial charge on any atom is 0.408 e. The van der Waals surface area contributed by atoms with Crippen LogP contribution in [0.4, 0.5) is 4.79 Å². The number of alkyl carbamates (subject to hydrolysis) is 1. The third-order valence-corrected chi connectivity index (χ3v) is 2.98. The van der Waals surface area contributed by atoms with Crippen LogP contribution in [-0.4, -0.2) is 41.5 Å². The number of hydrogen-bond donors (Lipinski definition) is 2. The molecule has 1 aliphatic carbocycles. The fourth-order valence-corrected chi connectivity index (χ4v) is 2.08. The highest BCUT2D eigenvalue weighted by Crippen LogP contribution is 2.21. The van der Waals surface area contributed by atoms with Gasteiger partial charge in [0, 0.05) is 13.0 Å². The first-order valence-corrected chi connectivity index (χ1v) is 7.12. The van der Waals surface area contributed by atoms with Crippen molar-refractivity contribution < 1.29 is 24.2 Å². The Morgan fingerprint density at radius 3 is 2.40 bits per heavy atom. The summed E-state index contributed by atoms with van der Waals surface area (Å²) in [5, 5.41) is 11.4. The van der Waals surface area contributed by atoms with E-state index in [1.165, 1.54) is 0 Å². The predicted octanol–water partition coefficient (Wildman–Crippen LogP) is 1.75. The van der Waals surface area contributed by atoms with Gasteiger partial charge in [-0.1, -0.05) is 0 Å². The van der Waals surface area contributed by atoms with Crippen LogP contribution in [0.3, 0.4) is 0 Å². The van der Waals surface area contributed by atoms with E-state index in [9.17, 15) is 9.59 Å². The molecule has 0 radical (unpaired) electrons. The summed E-state index contributed by atoms with van der Waals surface area (Å²) in [4.78, 5) is 23.6. The van der Waals surface area contributed by atoms with Crippen molar-refractivity contribution in [1.82, 2.24) is 5.32 Å². The standard InChI is InChI=1S/C14H25NO5/c1-14(2,3)20-13(18)15-11(8-9-16)12(17)19-10-6-4-5-7-10/h10-11,16H,4-9H2,1-3H3,(H,15,18)/t11-/m0/s1. The van der Waals surface area contributed by atoms with Gasteiger partial charge in [0.25, 0.3) is 0 Å². The Morgan fingerprint density at radius 1 is 1.30 bits per heavy atom. The first-order chi connectivity index (χ1) is 9.31. The molecule has 1 amide bonds. The molecule has 6 nitrogen and oxygen atoms in total. The number of esters is 1. The summed E-state index contributed by atoms with van der Waals surface area (Å²) in [6.07, 6.45) is 3.21. The molecule has 20 heavy (non-hydrogen) atoms. The van der Waals surface area contributed by atoms with Crippen LogP contribution in [0, 0.1) is 0 Å². The van der Waals surface area contributed by atoms with E-state index in [0.29, 0.717) is 0 Å². The quantitative estimate of drug-likeness (QED) is 0.752. The number of aliphatic hydroxyl groups excluding tert-OH is 1. The summed E-state index contributed by atoms with van der Waals surface area (Å²) in [5.74, 6) is -0.503. The molecular weight excluding hydrogens is 262 g/mol. The average molecular weight is 287 g/mol. The van der Waals surface area contributed by atoms with E-state index in [4.69, 9.17) is 14.6 Å². The minimum absolute atomic E-state index is 0.0656. The molecule has 1 atom stereocenters. The van der Waals surface area contributed by atoms with Gasteiger partial charge >= 0.3 is 12.1 Å². The molecule has 1 rings (SSSR count). The van der Waals surface area contributed by atoms with Crippen molar-refractivity contribution in [3.05, 3.63) is 0 Å². The molecule has 0 bridgehead atoms. The number of ether oxygens (including phenoxy) is 2.